The summed E-state index contributed by atoms with van der Waals surface area (Å²) in [6.07, 6.45) is 1.18. The highest BCUT2D eigenvalue weighted by molar-refractivity contribution is 5.77. The molecule has 12 heavy (non-hydrogen) atoms. The summed E-state index contributed by atoms with van der Waals surface area (Å²) in [6.45, 7) is 3.11. The number of nitrogens with one attached hydrogen (secondary N) is 1. The number of carbonyl (C=O) groups is 1. The van der Waals surface area contributed by atoms with Crippen LogP contribution in [0.4, 0.5) is 0 Å². The predicted molar refractivity (Wildman–Crippen MR) is 47.7 cm³/mol. The van der Waals surface area contributed by atoms with Gasteiger partial charge in [-0.05, 0) is 25.9 Å². The molecule has 4 heteroatoms. The lowest BCUT2D eigenvalue weighted by Crippen LogP contribution is -2.34. The van der Waals surface area contributed by atoms with Crippen molar-refractivity contribution in [2.24, 2.45) is 11.7 Å². The van der Waals surface area contributed by atoms with Gasteiger partial charge in [0.05, 0.1) is 6.54 Å². The van der Waals surface area contributed by atoms with E-state index in [0.29, 0.717) is 5.92 Å². The number of nitrogens with two attached hydrogens (primary N) is 1. The van der Waals surface area contributed by atoms with E-state index in [4.69, 9.17) is 5.73 Å². The molecule has 1 rings (SSSR count). The Labute approximate surface area is 73.1 Å². The standard InChI is InChI=1S/C8H17N3O/c1-11-3-2-7(6-11)5-10-8(12)4-9/h7H,2-6,9H2,1H3,(H,10,12)/t7-/m0/s1. The van der Waals surface area contributed by atoms with Crippen molar-refractivity contribution in [1.29, 1.82) is 0 Å². The fraction of sp³-hybridized carbons (Fsp3) is 0.875. The molecular formula is C8H17N3O. The molecule has 1 atom stereocenters. The topological polar surface area (TPSA) is 58.4 Å². The van der Waals surface area contributed by atoms with Crippen molar-refractivity contribution < 1.29 is 4.79 Å². The van der Waals surface area contributed by atoms with Crippen LogP contribution < -0.4 is 11.1 Å². The second-order valence-electron chi connectivity index (χ2n) is 3.43. The molecule has 1 fully saturated rings. The largest absolute Gasteiger partial charge is 0.355 e. The highest BCUT2D eigenvalue weighted by atomic mass is 16.1. The van der Waals surface area contributed by atoms with Gasteiger partial charge in [-0.15, -0.1) is 0 Å². The Kier molecular flexibility index (Phi) is 3.49. The van der Waals surface area contributed by atoms with E-state index in [0.717, 1.165) is 19.6 Å². The zero-order valence-corrected chi connectivity index (χ0v) is 7.55. The number of likely N-dealkylation sites (tertiary alicyclic amines) is 1. The second kappa shape index (κ2) is 4.42. The smallest absolute Gasteiger partial charge is 0.233 e. The molecule has 0 aliphatic carbocycles. The van der Waals surface area contributed by atoms with Gasteiger partial charge in [-0.3, -0.25) is 4.79 Å². The lowest BCUT2D eigenvalue weighted by Gasteiger charge is -2.10. The van der Waals surface area contributed by atoms with E-state index in [9.17, 15) is 4.79 Å². The van der Waals surface area contributed by atoms with Crippen molar-refractivity contribution >= 4 is 5.91 Å². The number of rotatable bonds is 3. The van der Waals surface area contributed by atoms with Gasteiger partial charge in [0.1, 0.15) is 0 Å². The van der Waals surface area contributed by atoms with Crippen LogP contribution in [0, 0.1) is 5.92 Å². The molecule has 0 radical (unpaired) electrons. The van der Waals surface area contributed by atoms with E-state index in [1.807, 2.05) is 0 Å². The third-order valence-electron chi connectivity index (χ3n) is 2.26. The Bertz CT molecular complexity index is 160. The molecular weight excluding hydrogens is 154 g/mol. The molecule has 3 N–H and O–H groups in total. The summed E-state index contributed by atoms with van der Waals surface area (Å²) in [7, 11) is 2.10. The SMILES string of the molecule is CN1CC[C@@H](CNC(=O)CN)C1. The summed E-state index contributed by atoms with van der Waals surface area (Å²) in [6, 6.07) is 0. The minimum Gasteiger partial charge on any atom is -0.355 e. The average molecular weight is 171 g/mol. The summed E-state index contributed by atoms with van der Waals surface area (Å²) >= 11 is 0. The summed E-state index contributed by atoms with van der Waals surface area (Å²) in [4.78, 5) is 13.1. The van der Waals surface area contributed by atoms with Crippen molar-refractivity contribution in [2.45, 2.75) is 6.42 Å². The maximum absolute atomic E-state index is 10.8. The predicted octanol–water partition coefficient (Wildman–Crippen LogP) is -0.987. The van der Waals surface area contributed by atoms with Crippen molar-refractivity contribution in [3.8, 4) is 0 Å². The molecule has 1 amide bonds. The third-order valence-corrected chi connectivity index (χ3v) is 2.26. The maximum Gasteiger partial charge on any atom is 0.233 e. The van der Waals surface area contributed by atoms with Gasteiger partial charge in [0.25, 0.3) is 0 Å². The quantitative estimate of drug-likeness (QED) is 0.573. The lowest BCUT2D eigenvalue weighted by atomic mass is 10.1. The molecule has 1 saturated heterocycles. The molecule has 0 aromatic carbocycles. The van der Waals surface area contributed by atoms with E-state index in [-0.39, 0.29) is 12.5 Å². The molecule has 0 aromatic rings. The minimum absolute atomic E-state index is 0.0513. The Balaban J connectivity index is 2.11. The normalized spacial score (nSPS) is 24.3. The van der Waals surface area contributed by atoms with Gasteiger partial charge in [-0.25, -0.2) is 0 Å². The first-order valence-electron chi connectivity index (χ1n) is 4.37. The minimum atomic E-state index is -0.0513. The van der Waals surface area contributed by atoms with Crippen LogP contribution in [0.25, 0.3) is 0 Å². The Morgan fingerprint density at radius 1 is 1.75 bits per heavy atom. The van der Waals surface area contributed by atoms with Gasteiger partial charge in [-0.2, -0.15) is 0 Å². The van der Waals surface area contributed by atoms with Crippen molar-refractivity contribution in [1.82, 2.24) is 10.2 Å². The molecule has 0 unspecified atom stereocenters. The van der Waals surface area contributed by atoms with Gasteiger partial charge in [0, 0.05) is 13.1 Å². The van der Waals surface area contributed by atoms with E-state index < -0.39 is 0 Å². The molecule has 0 aromatic heterocycles. The Hall–Kier alpha value is -0.610. The Morgan fingerprint density at radius 2 is 2.50 bits per heavy atom. The lowest BCUT2D eigenvalue weighted by molar-refractivity contribution is -0.119. The second-order valence-corrected chi connectivity index (χ2v) is 3.43. The first-order valence-corrected chi connectivity index (χ1v) is 4.37. The van der Waals surface area contributed by atoms with Gasteiger partial charge >= 0.3 is 0 Å². The zero-order chi connectivity index (χ0) is 8.97. The molecule has 0 saturated carbocycles. The van der Waals surface area contributed by atoms with Crippen LogP contribution in [-0.2, 0) is 4.79 Å². The average Bonchev–Trinajstić information content (AvgIpc) is 2.47. The molecule has 1 aliphatic rings. The molecule has 0 spiro atoms. The molecule has 1 heterocycles. The maximum atomic E-state index is 10.8. The van der Waals surface area contributed by atoms with E-state index in [1.54, 1.807) is 0 Å². The number of nitrogens with zero attached hydrogens (tertiary/aromatic N) is 1. The highest BCUT2D eigenvalue weighted by Crippen LogP contribution is 2.12. The third kappa shape index (κ3) is 2.79. The summed E-state index contributed by atoms with van der Waals surface area (Å²) in [5, 5.41) is 2.80. The molecule has 70 valence electrons. The van der Waals surface area contributed by atoms with Crippen molar-refractivity contribution in [3.63, 3.8) is 0 Å². The van der Waals surface area contributed by atoms with Crippen LogP contribution >= 0.6 is 0 Å². The van der Waals surface area contributed by atoms with Gasteiger partial charge in [0.2, 0.25) is 5.91 Å². The molecule has 4 nitrogen and oxygen atoms in total. The molecule has 1 aliphatic heterocycles. The summed E-state index contributed by atoms with van der Waals surface area (Å²) < 4.78 is 0. The van der Waals surface area contributed by atoms with E-state index in [2.05, 4.69) is 17.3 Å². The van der Waals surface area contributed by atoms with Crippen molar-refractivity contribution in [3.05, 3.63) is 0 Å². The fourth-order valence-corrected chi connectivity index (χ4v) is 1.52. The van der Waals surface area contributed by atoms with E-state index in [1.165, 1.54) is 6.42 Å². The number of amides is 1. The van der Waals surface area contributed by atoms with Crippen LogP contribution in [-0.4, -0.2) is 44.0 Å². The van der Waals surface area contributed by atoms with Gasteiger partial charge < -0.3 is 16.0 Å². The van der Waals surface area contributed by atoms with Crippen LogP contribution in [0.1, 0.15) is 6.42 Å². The zero-order valence-electron chi connectivity index (χ0n) is 7.55. The highest BCUT2D eigenvalue weighted by Gasteiger charge is 2.19. The van der Waals surface area contributed by atoms with E-state index >= 15 is 0 Å². The first-order chi connectivity index (χ1) is 5.72. The monoisotopic (exact) mass is 171 g/mol. The van der Waals surface area contributed by atoms with Crippen LogP contribution in [0.15, 0.2) is 0 Å². The van der Waals surface area contributed by atoms with Crippen LogP contribution in [0.5, 0.6) is 0 Å². The summed E-state index contributed by atoms with van der Waals surface area (Å²) in [5.74, 6) is 0.565. The first kappa shape index (κ1) is 9.48. The number of hydrogen-bond donors (Lipinski definition) is 2. The van der Waals surface area contributed by atoms with Crippen LogP contribution in [0.2, 0.25) is 0 Å². The van der Waals surface area contributed by atoms with Crippen LogP contribution in [0.3, 0.4) is 0 Å². The van der Waals surface area contributed by atoms with Gasteiger partial charge in [-0.1, -0.05) is 0 Å². The van der Waals surface area contributed by atoms with Gasteiger partial charge in [0.15, 0.2) is 0 Å². The number of hydrogen-bond acceptors (Lipinski definition) is 3. The summed E-state index contributed by atoms with van der Waals surface area (Å²) in [5.41, 5.74) is 5.16. The van der Waals surface area contributed by atoms with Crippen molar-refractivity contribution in [2.75, 3.05) is 33.2 Å². The number of carbonyl (C=O) groups excluding carboxylic acids is 1. The fourth-order valence-electron chi connectivity index (χ4n) is 1.52. The Morgan fingerprint density at radius 3 is 3.00 bits per heavy atom. The molecule has 0 bridgehead atoms.